The third-order valence-electron chi connectivity index (χ3n) is 3.97. The van der Waals surface area contributed by atoms with E-state index in [2.05, 4.69) is 15.3 Å². The minimum atomic E-state index is 0.0451. The Bertz CT molecular complexity index is 871. The van der Waals surface area contributed by atoms with Gasteiger partial charge in [-0.25, -0.2) is 4.98 Å². The molecule has 0 saturated carbocycles. The molecule has 0 bridgehead atoms. The molecule has 0 aliphatic rings. The van der Waals surface area contributed by atoms with Gasteiger partial charge in [-0.2, -0.15) is 0 Å². The number of methoxy groups -OCH3 is 1. The summed E-state index contributed by atoms with van der Waals surface area (Å²) in [4.78, 5) is 19.2. The largest absolute Gasteiger partial charge is 0.497 e. The zero-order chi connectivity index (χ0) is 17.6. The van der Waals surface area contributed by atoms with Gasteiger partial charge in [0.15, 0.2) is 0 Å². The first-order valence-electron chi connectivity index (χ1n) is 8.25. The van der Waals surface area contributed by atoms with E-state index in [9.17, 15) is 4.79 Å². The van der Waals surface area contributed by atoms with E-state index in [0.29, 0.717) is 13.0 Å². The first-order chi connectivity index (χ1) is 12.2. The summed E-state index contributed by atoms with van der Waals surface area (Å²) in [6.07, 6.45) is 2.30. The summed E-state index contributed by atoms with van der Waals surface area (Å²) in [6.45, 7) is 2.36. The van der Waals surface area contributed by atoms with Gasteiger partial charge in [0.25, 0.3) is 0 Å². The summed E-state index contributed by atoms with van der Waals surface area (Å²) in [5.74, 6) is 1.65. The van der Waals surface area contributed by atoms with Crippen molar-refractivity contribution in [3.8, 4) is 28.4 Å². The Balaban J connectivity index is 1.81. The SMILES string of the molecule is CCC(=O)NCc1cccc(-c2ncc(-c3cccc(OC)c3)[nH]2)c1. The highest BCUT2D eigenvalue weighted by Crippen LogP contribution is 2.25. The molecule has 0 atom stereocenters. The van der Waals surface area contributed by atoms with Gasteiger partial charge in [-0.05, 0) is 23.8 Å². The fourth-order valence-electron chi connectivity index (χ4n) is 2.56. The fourth-order valence-corrected chi connectivity index (χ4v) is 2.56. The third-order valence-corrected chi connectivity index (χ3v) is 3.97. The van der Waals surface area contributed by atoms with E-state index in [1.165, 1.54) is 0 Å². The second-order valence-corrected chi connectivity index (χ2v) is 5.71. The van der Waals surface area contributed by atoms with Crippen LogP contribution >= 0.6 is 0 Å². The van der Waals surface area contributed by atoms with Crippen molar-refractivity contribution in [2.24, 2.45) is 0 Å². The second kappa shape index (κ2) is 7.66. The normalized spacial score (nSPS) is 10.5. The maximum atomic E-state index is 11.4. The topological polar surface area (TPSA) is 67.0 Å². The number of carbonyl (C=O) groups is 1. The van der Waals surface area contributed by atoms with Crippen LogP contribution in [0.4, 0.5) is 0 Å². The van der Waals surface area contributed by atoms with Crippen LogP contribution in [0.15, 0.2) is 54.7 Å². The minimum Gasteiger partial charge on any atom is -0.497 e. The molecule has 5 heteroatoms. The average Bonchev–Trinajstić information content (AvgIpc) is 3.16. The fraction of sp³-hybridized carbons (Fsp3) is 0.200. The molecule has 5 nitrogen and oxygen atoms in total. The van der Waals surface area contributed by atoms with Crippen molar-refractivity contribution in [2.75, 3.05) is 7.11 Å². The van der Waals surface area contributed by atoms with E-state index in [1.54, 1.807) is 7.11 Å². The molecule has 1 heterocycles. The highest BCUT2D eigenvalue weighted by molar-refractivity contribution is 5.75. The first kappa shape index (κ1) is 16.8. The number of nitrogens with one attached hydrogen (secondary N) is 2. The van der Waals surface area contributed by atoms with E-state index in [1.807, 2.05) is 61.7 Å². The lowest BCUT2D eigenvalue weighted by atomic mass is 10.1. The summed E-state index contributed by atoms with van der Waals surface area (Å²) in [7, 11) is 1.65. The number of carbonyl (C=O) groups excluding carboxylic acids is 1. The van der Waals surface area contributed by atoms with Gasteiger partial charge < -0.3 is 15.0 Å². The van der Waals surface area contributed by atoms with Crippen molar-refractivity contribution in [3.63, 3.8) is 0 Å². The average molecular weight is 335 g/mol. The van der Waals surface area contributed by atoms with Crippen LogP contribution in [-0.2, 0) is 11.3 Å². The number of rotatable bonds is 6. The van der Waals surface area contributed by atoms with Gasteiger partial charge in [0, 0.05) is 24.1 Å². The Hall–Kier alpha value is -3.08. The Morgan fingerprint density at radius 3 is 2.76 bits per heavy atom. The third kappa shape index (κ3) is 4.07. The van der Waals surface area contributed by atoms with Crippen LogP contribution in [0.3, 0.4) is 0 Å². The molecular formula is C20H21N3O2. The molecule has 0 unspecified atom stereocenters. The van der Waals surface area contributed by atoms with Crippen LogP contribution in [0.25, 0.3) is 22.6 Å². The van der Waals surface area contributed by atoms with Gasteiger partial charge in [0.1, 0.15) is 11.6 Å². The predicted octanol–water partition coefficient (Wildman–Crippen LogP) is 3.78. The van der Waals surface area contributed by atoms with E-state index in [4.69, 9.17) is 4.74 Å². The van der Waals surface area contributed by atoms with Gasteiger partial charge in [-0.15, -0.1) is 0 Å². The van der Waals surface area contributed by atoms with Gasteiger partial charge >= 0.3 is 0 Å². The summed E-state index contributed by atoms with van der Waals surface area (Å²) >= 11 is 0. The molecule has 0 saturated heterocycles. The van der Waals surface area contributed by atoms with Crippen molar-refractivity contribution in [1.82, 2.24) is 15.3 Å². The molecule has 2 aromatic carbocycles. The lowest BCUT2D eigenvalue weighted by Gasteiger charge is -2.05. The molecule has 0 aliphatic heterocycles. The highest BCUT2D eigenvalue weighted by Gasteiger charge is 2.07. The molecule has 0 fully saturated rings. The molecule has 1 amide bonds. The second-order valence-electron chi connectivity index (χ2n) is 5.71. The van der Waals surface area contributed by atoms with Gasteiger partial charge in [-0.3, -0.25) is 4.79 Å². The lowest BCUT2D eigenvalue weighted by molar-refractivity contribution is -0.120. The van der Waals surface area contributed by atoms with Crippen LogP contribution in [0.1, 0.15) is 18.9 Å². The van der Waals surface area contributed by atoms with Crippen molar-refractivity contribution in [3.05, 3.63) is 60.3 Å². The number of ether oxygens (including phenoxy) is 1. The predicted molar refractivity (Wildman–Crippen MR) is 98.1 cm³/mol. The van der Waals surface area contributed by atoms with Crippen LogP contribution in [0.2, 0.25) is 0 Å². The zero-order valence-corrected chi connectivity index (χ0v) is 14.4. The Kier molecular flexibility index (Phi) is 5.14. The van der Waals surface area contributed by atoms with Crippen LogP contribution in [-0.4, -0.2) is 23.0 Å². The van der Waals surface area contributed by atoms with Crippen LogP contribution < -0.4 is 10.1 Å². The number of imidazole rings is 1. The number of benzene rings is 2. The highest BCUT2D eigenvalue weighted by atomic mass is 16.5. The zero-order valence-electron chi connectivity index (χ0n) is 14.4. The van der Waals surface area contributed by atoms with Gasteiger partial charge in [0.2, 0.25) is 5.91 Å². The summed E-state index contributed by atoms with van der Waals surface area (Å²) in [5, 5.41) is 2.89. The van der Waals surface area contributed by atoms with Crippen LogP contribution in [0, 0.1) is 0 Å². The molecule has 25 heavy (non-hydrogen) atoms. The molecule has 0 radical (unpaired) electrons. The Morgan fingerprint density at radius 1 is 1.16 bits per heavy atom. The van der Waals surface area contributed by atoms with Gasteiger partial charge in [-0.1, -0.05) is 37.3 Å². The number of aromatic nitrogens is 2. The maximum Gasteiger partial charge on any atom is 0.219 e. The maximum absolute atomic E-state index is 11.4. The summed E-state index contributed by atoms with van der Waals surface area (Å²) in [5.41, 5.74) is 3.97. The number of amides is 1. The Labute approximate surface area is 147 Å². The van der Waals surface area contributed by atoms with E-state index >= 15 is 0 Å². The monoisotopic (exact) mass is 335 g/mol. The quantitative estimate of drug-likeness (QED) is 0.720. The number of aromatic amines is 1. The smallest absolute Gasteiger partial charge is 0.219 e. The van der Waals surface area contributed by atoms with Gasteiger partial charge in [0.05, 0.1) is 19.0 Å². The molecule has 0 spiro atoms. The van der Waals surface area contributed by atoms with Crippen molar-refractivity contribution in [1.29, 1.82) is 0 Å². The summed E-state index contributed by atoms with van der Waals surface area (Å²) < 4.78 is 5.27. The molecule has 3 aromatic rings. The molecule has 3 rings (SSSR count). The molecule has 2 N–H and O–H groups in total. The van der Waals surface area contributed by atoms with E-state index in [0.717, 1.165) is 34.0 Å². The first-order valence-corrected chi connectivity index (χ1v) is 8.25. The molecule has 0 aliphatic carbocycles. The van der Waals surface area contributed by atoms with Crippen molar-refractivity contribution < 1.29 is 9.53 Å². The number of hydrogen-bond donors (Lipinski definition) is 2. The van der Waals surface area contributed by atoms with Crippen LogP contribution in [0.5, 0.6) is 5.75 Å². The van der Waals surface area contributed by atoms with E-state index in [-0.39, 0.29) is 5.91 Å². The van der Waals surface area contributed by atoms with Crippen molar-refractivity contribution in [2.45, 2.75) is 19.9 Å². The Morgan fingerprint density at radius 2 is 1.96 bits per heavy atom. The molecule has 1 aromatic heterocycles. The molecular weight excluding hydrogens is 314 g/mol. The number of hydrogen-bond acceptors (Lipinski definition) is 3. The number of H-pyrrole nitrogens is 1. The van der Waals surface area contributed by atoms with E-state index < -0.39 is 0 Å². The molecule has 128 valence electrons. The summed E-state index contributed by atoms with van der Waals surface area (Å²) in [6, 6.07) is 15.8. The minimum absolute atomic E-state index is 0.0451. The van der Waals surface area contributed by atoms with Crippen molar-refractivity contribution >= 4 is 5.91 Å². The lowest BCUT2D eigenvalue weighted by Crippen LogP contribution is -2.21. The standard InChI is InChI=1S/C20H21N3O2/c1-3-19(24)21-12-14-6-4-8-16(10-14)20-22-13-18(23-20)15-7-5-9-17(11-15)25-2/h4-11,13H,3,12H2,1-2H3,(H,21,24)(H,22,23). The number of nitrogens with zero attached hydrogens (tertiary/aromatic N) is 1.